The summed E-state index contributed by atoms with van der Waals surface area (Å²) >= 11 is 5.93. The summed E-state index contributed by atoms with van der Waals surface area (Å²) in [6, 6.07) is 13.2. The van der Waals surface area contributed by atoms with E-state index < -0.39 is 4.92 Å². The second kappa shape index (κ2) is 6.25. The molecule has 0 aliphatic heterocycles. The molecule has 106 valence electrons. The number of benzene rings is 2. The maximum absolute atomic E-state index is 10.6. The van der Waals surface area contributed by atoms with Gasteiger partial charge in [0.2, 0.25) is 0 Å². The molecule has 1 N–H and O–H groups in total. The Morgan fingerprint density at radius 1 is 1.29 bits per heavy atom. The Bertz CT molecular complexity index is 708. The smallest absolute Gasteiger partial charge is 0.269 e. The minimum Gasteiger partial charge on any atom is -0.377 e. The second-order valence-corrected chi connectivity index (χ2v) is 4.95. The van der Waals surface area contributed by atoms with Gasteiger partial charge in [0.25, 0.3) is 5.69 Å². The standard InChI is InChI=1S/C15H12ClN3O2/c1-10(11-3-6-14(7-4-11)19(20)21)18-15-8-13(16)5-2-12(15)9-17/h2-8,10,18H,1H3. The van der Waals surface area contributed by atoms with Crippen LogP contribution in [0.2, 0.25) is 5.02 Å². The molecule has 0 heterocycles. The molecule has 0 aliphatic carbocycles. The van der Waals surface area contributed by atoms with Gasteiger partial charge in [-0.3, -0.25) is 10.1 Å². The lowest BCUT2D eigenvalue weighted by Crippen LogP contribution is -2.08. The van der Waals surface area contributed by atoms with Gasteiger partial charge in [-0.1, -0.05) is 23.7 Å². The number of nitrogens with one attached hydrogen (secondary N) is 1. The average Bonchev–Trinajstić information content (AvgIpc) is 2.47. The lowest BCUT2D eigenvalue weighted by molar-refractivity contribution is -0.384. The highest BCUT2D eigenvalue weighted by Gasteiger charge is 2.11. The number of non-ortho nitro benzene ring substituents is 1. The first kappa shape index (κ1) is 14.8. The highest BCUT2D eigenvalue weighted by Crippen LogP contribution is 2.26. The van der Waals surface area contributed by atoms with Gasteiger partial charge in [0.1, 0.15) is 6.07 Å². The molecule has 21 heavy (non-hydrogen) atoms. The van der Waals surface area contributed by atoms with E-state index in [9.17, 15) is 10.1 Å². The van der Waals surface area contributed by atoms with Crippen molar-refractivity contribution in [3.8, 4) is 6.07 Å². The lowest BCUT2D eigenvalue weighted by Gasteiger charge is -2.16. The minimum absolute atomic E-state index is 0.0476. The van der Waals surface area contributed by atoms with E-state index in [1.807, 2.05) is 6.92 Å². The Kier molecular flexibility index (Phi) is 4.41. The van der Waals surface area contributed by atoms with Crippen molar-refractivity contribution in [1.29, 1.82) is 5.26 Å². The van der Waals surface area contributed by atoms with Crippen LogP contribution in [0.25, 0.3) is 0 Å². The summed E-state index contributed by atoms with van der Waals surface area (Å²) < 4.78 is 0. The molecule has 2 rings (SSSR count). The van der Waals surface area contributed by atoms with Crippen molar-refractivity contribution >= 4 is 23.0 Å². The highest BCUT2D eigenvalue weighted by molar-refractivity contribution is 6.30. The van der Waals surface area contributed by atoms with Gasteiger partial charge in [0.05, 0.1) is 16.2 Å². The van der Waals surface area contributed by atoms with Crippen molar-refractivity contribution in [2.45, 2.75) is 13.0 Å². The number of nitrogens with zero attached hydrogens (tertiary/aromatic N) is 2. The number of hydrogen-bond donors (Lipinski definition) is 1. The van der Waals surface area contributed by atoms with Crippen LogP contribution >= 0.6 is 11.6 Å². The lowest BCUT2D eigenvalue weighted by atomic mass is 10.1. The Morgan fingerprint density at radius 3 is 2.52 bits per heavy atom. The Hall–Kier alpha value is -2.58. The average molecular weight is 302 g/mol. The number of nitro groups is 1. The molecular weight excluding hydrogens is 290 g/mol. The maximum Gasteiger partial charge on any atom is 0.269 e. The Labute approximate surface area is 126 Å². The predicted molar refractivity (Wildman–Crippen MR) is 81.3 cm³/mol. The number of rotatable bonds is 4. The summed E-state index contributed by atoms with van der Waals surface area (Å²) in [4.78, 5) is 10.2. The summed E-state index contributed by atoms with van der Waals surface area (Å²) in [5.41, 5.74) is 2.06. The van der Waals surface area contributed by atoms with Gasteiger partial charge in [0, 0.05) is 23.2 Å². The fourth-order valence-electron chi connectivity index (χ4n) is 1.93. The molecular formula is C15H12ClN3O2. The third-order valence-corrected chi connectivity index (χ3v) is 3.31. The highest BCUT2D eigenvalue weighted by atomic mass is 35.5. The van der Waals surface area contributed by atoms with Crippen molar-refractivity contribution in [2.75, 3.05) is 5.32 Å². The van der Waals surface area contributed by atoms with E-state index in [0.29, 0.717) is 16.3 Å². The van der Waals surface area contributed by atoms with Gasteiger partial charge in [-0.05, 0) is 30.7 Å². The zero-order valence-electron chi connectivity index (χ0n) is 11.2. The van der Waals surface area contributed by atoms with Gasteiger partial charge in [-0.25, -0.2) is 0 Å². The number of nitro benzene ring substituents is 1. The SMILES string of the molecule is CC(Nc1cc(Cl)ccc1C#N)c1ccc([N+](=O)[O-])cc1. The third kappa shape index (κ3) is 3.50. The first-order valence-corrected chi connectivity index (χ1v) is 6.59. The van der Waals surface area contributed by atoms with E-state index in [1.165, 1.54) is 12.1 Å². The molecule has 5 nitrogen and oxygen atoms in total. The largest absolute Gasteiger partial charge is 0.377 e. The molecule has 1 unspecified atom stereocenters. The Balaban J connectivity index is 2.22. The molecule has 0 aromatic heterocycles. The summed E-state index contributed by atoms with van der Waals surface area (Å²) in [6.45, 7) is 1.91. The predicted octanol–water partition coefficient (Wildman–Crippen LogP) is 4.29. The molecule has 1 atom stereocenters. The molecule has 0 amide bonds. The van der Waals surface area contributed by atoms with E-state index in [1.54, 1.807) is 30.3 Å². The molecule has 0 radical (unpaired) electrons. The summed E-state index contributed by atoms with van der Waals surface area (Å²) in [5, 5.41) is 23.4. The van der Waals surface area contributed by atoms with Gasteiger partial charge in [-0.15, -0.1) is 0 Å². The number of anilines is 1. The topological polar surface area (TPSA) is 79.0 Å². The first-order valence-electron chi connectivity index (χ1n) is 6.22. The second-order valence-electron chi connectivity index (χ2n) is 4.52. The summed E-state index contributed by atoms with van der Waals surface area (Å²) in [7, 11) is 0. The van der Waals surface area contributed by atoms with Gasteiger partial charge >= 0.3 is 0 Å². The van der Waals surface area contributed by atoms with Crippen LogP contribution in [0.4, 0.5) is 11.4 Å². The molecule has 0 aliphatic rings. The van der Waals surface area contributed by atoms with Crippen molar-refractivity contribution in [3.63, 3.8) is 0 Å². The van der Waals surface area contributed by atoms with Crippen LogP contribution in [0.1, 0.15) is 24.1 Å². The van der Waals surface area contributed by atoms with Gasteiger partial charge < -0.3 is 5.32 Å². The molecule has 0 fully saturated rings. The Morgan fingerprint density at radius 2 is 1.95 bits per heavy atom. The molecule has 2 aromatic rings. The molecule has 0 spiro atoms. The van der Waals surface area contributed by atoms with Crippen molar-refractivity contribution in [3.05, 3.63) is 68.7 Å². The molecule has 0 bridgehead atoms. The van der Waals surface area contributed by atoms with Crippen LogP contribution < -0.4 is 5.32 Å². The summed E-state index contributed by atoms with van der Waals surface area (Å²) in [6.07, 6.45) is 0. The van der Waals surface area contributed by atoms with Crippen LogP contribution in [0.15, 0.2) is 42.5 Å². The van der Waals surface area contributed by atoms with Crippen LogP contribution in [-0.4, -0.2) is 4.92 Å². The van der Waals surface area contributed by atoms with Crippen LogP contribution in [0.3, 0.4) is 0 Å². The van der Waals surface area contributed by atoms with Crippen LogP contribution in [0.5, 0.6) is 0 Å². The van der Waals surface area contributed by atoms with Crippen LogP contribution in [-0.2, 0) is 0 Å². The molecule has 0 saturated carbocycles. The minimum atomic E-state index is -0.438. The number of nitriles is 1. The molecule has 2 aromatic carbocycles. The zero-order chi connectivity index (χ0) is 15.4. The van der Waals surface area contributed by atoms with E-state index >= 15 is 0 Å². The fourth-order valence-corrected chi connectivity index (χ4v) is 2.11. The zero-order valence-corrected chi connectivity index (χ0v) is 12.0. The number of hydrogen-bond acceptors (Lipinski definition) is 4. The van der Waals surface area contributed by atoms with Crippen molar-refractivity contribution in [2.24, 2.45) is 0 Å². The van der Waals surface area contributed by atoms with E-state index in [4.69, 9.17) is 16.9 Å². The quantitative estimate of drug-likeness (QED) is 0.674. The van der Waals surface area contributed by atoms with Gasteiger partial charge in [0.15, 0.2) is 0 Å². The third-order valence-electron chi connectivity index (χ3n) is 3.08. The van der Waals surface area contributed by atoms with Crippen LogP contribution in [0, 0.1) is 21.4 Å². The van der Waals surface area contributed by atoms with Gasteiger partial charge in [-0.2, -0.15) is 5.26 Å². The van der Waals surface area contributed by atoms with Crippen molar-refractivity contribution < 1.29 is 4.92 Å². The summed E-state index contributed by atoms with van der Waals surface area (Å²) in [5.74, 6) is 0. The van der Waals surface area contributed by atoms with Crippen molar-refractivity contribution in [1.82, 2.24) is 0 Å². The normalized spacial score (nSPS) is 11.5. The van der Waals surface area contributed by atoms with E-state index in [-0.39, 0.29) is 11.7 Å². The van der Waals surface area contributed by atoms with E-state index in [2.05, 4.69) is 11.4 Å². The monoisotopic (exact) mass is 301 g/mol. The first-order chi connectivity index (χ1) is 10.0. The fraction of sp³-hybridized carbons (Fsp3) is 0.133. The van der Waals surface area contributed by atoms with E-state index in [0.717, 1.165) is 5.56 Å². The molecule has 6 heteroatoms. The number of halogens is 1. The maximum atomic E-state index is 10.6. The molecule has 0 saturated heterocycles.